The molecule has 0 atom stereocenters. The fraction of sp³-hybridized carbons (Fsp3) is 0.105. The lowest BCUT2D eigenvalue weighted by molar-refractivity contribution is -0.118. The minimum atomic E-state index is -0.176. The number of fused-ring (bicyclic) bond motifs is 1. The van der Waals surface area contributed by atoms with Gasteiger partial charge in [-0.1, -0.05) is 29.3 Å². The topological polar surface area (TPSA) is 68.0 Å². The van der Waals surface area contributed by atoms with Crippen molar-refractivity contribution < 1.29 is 9.53 Å². The number of carbonyl (C=O) groups is 1. The minimum absolute atomic E-state index is 0.0254. The van der Waals surface area contributed by atoms with Crippen LogP contribution in [0.2, 0.25) is 10.0 Å². The third kappa shape index (κ3) is 3.69. The normalized spacial score (nSPS) is 14.1. The average molecular weight is 433 g/mol. The third-order valence-electron chi connectivity index (χ3n) is 4.05. The molecule has 9 heteroatoms. The van der Waals surface area contributed by atoms with E-state index in [1.807, 2.05) is 29.6 Å². The number of anilines is 1. The summed E-state index contributed by atoms with van der Waals surface area (Å²) < 4.78 is 7.16. The van der Waals surface area contributed by atoms with Crippen molar-refractivity contribution in [1.29, 1.82) is 0 Å². The summed E-state index contributed by atoms with van der Waals surface area (Å²) in [6.45, 7) is 0.0254. The van der Waals surface area contributed by atoms with Gasteiger partial charge in [0.25, 0.3) is 5.91 Å². The molecule has 4 rings (SSSR count). The van der Waals surface area contributed by atoms with Crippen molar-refractivity contribution in [1.82, 2.24) is 4.68 Å². The van der Waals surface area contributed by atoms with Crippen molar-refractivity contribution in [3.05, 3.63) is 62.2 Å². The highest BCUT2D eigenvalue weighted by molar-refractivity contribution is 7.07. The number of nitrogens with one attached hydrogen (secondary N) is 1. The molecule has 1 aromatic heterocycles. The molecule has 1 aliphatic heterocycles. The molecule has 0 unspecified atom stereocenters. The molecule has 1 N–H and O–H groups in total. The Morgan fingerprint density at radius 2 is 2.07 bits per heavy atom. The first-order valence-corrected chi connectivity index (χ1v) is 9.88. The summed E-state index contributed by atoms with van der Waals surface area (Å²) in [6, 6.07) is 10.9. The van der Waals surface area contributed by atoms with E-state index in [9.17, 15) is 4.79 Å². The Balaban J connectivity index is 1.75. The number of amides is 1. The van der Waals surface area contributed by atoms with Crippen LogP contribution in [0, 0.1) is 0 Å². The van der Waals surface area contributed by atoms with Crippen LogP contribution in [-0.2, 0) is 4.79 Å². The number of nitrogens with zero attached hydrogens (tertiary/aromatic N) is 3. The van der Waals surface area contributed by atoms with Gasteiger partial charge >= 0.3 is 0 Å². The van der Waals surface area contributed by atoms with E-state index in [0.29, 0.717) is 21.5 Å². The van der Waals surface area contributed by atoms with Crippen LogP contribution in [0.15, 0.2) is 51.9 Å². The van der Waals surface area contributed by atoms with E-state index < -0.39 is 0 Å². The van der Waals surface area contributed by atoms with Gasteiger partial charge in [0.15, 0.2) is 6.61 Å². The first-order chi connectivity index (χ1) is 13.5. The molecule has 0 saturated carbocycles. The van der Waals surface area contributed by atoms with Crippen molar-refractivity contribution in [3.63, 3.8) is 0 Å². The highest BCUT2D eigenvalue weighted by Gasteiger charge is 2.17. The summed E-state index contributed by atoms with van der Waals surface area (Å²) in [4.78, 5) is 16.6. The van der Waals surface area contributed by atoms with Gasteiger partial charge in [-0.2, -0.15) is 5.10 Å². The summed E-state index contributed by atoms with van der Waals surface area (Å²) in [5.74, 6) is 0.467. The predicted octanol–water partition coefficient (Wildman–Crippen LogP) is 4.27. The molecule has 0 radical (unpaired) electrons. The summed E-state index contributed by atoms with van der Waals surface area (Å²) in [6.07, 6.45) is 1.69. The van der Waals surface area contributed by atoms with Crippen molar-refractivity contribution in [2.75, 3.05) is 19.0 Å². The van der Waals surface area contributed by atoms with Crippen LogP contribution in [0.25, 0.3) is 11.3 Å². The second-order valence-corrected chi connectivity index (χ2v) is 7.56. The molecule has 28 heavy (non-hydrogen) atoms. The zero-order chi connectivity index (χ0) is 19.7. The molecule has 0 saturated heterocycles. The van der Waals surface area contributed by atoms with Crippen LogP contribution in [0.3, 0.4) is 0 Å². The molecule has 0 bridgehead atoms. The molecule has 1 amide bonds. The average Bonchev–Trinajstić information content (AvgIpc) is 3.11. The number of rotatable bonds is 3. The Labute approximate surface area is 174 Å². The standard InChI is InChI=1S/C19H14Cl2N4O2S/c1-22-19-25(23-8-11-2-4-13(20)14(21)6-11)16(10-28-19)12-3-5-17-15(7-12)24-18(26)9-27-17/h2-8,10H,9H2,1H3,(H,24,26). The van der Waals surface area contributed by atoms with E-state index in [-0.39, 0.29) is 12.5 Å². The van der Waals surface area contributed by atoms with Crippen molar-refractivity contribution in [3.8, 4) is 17.0 Å². The van der Waals surface area contributed by atoms with Gasteiger partial charge in [0.2, 0.25) is 4.80 Å². The van der Waals surface area contributed by atoms with Gasteiger partial charge in [0.05, 0.1) is 27.6 Å². The summed E-state index contributed by atoms with van der Waals surface area (Å²) >= 11 is 13.5. The number of halogens is 2. The molecule has 0 spiro atoms. The quantitative estimate of drug-likeness (QED) is 0.627. The predicted molar refractivity (Wildman–Crippen MR) is 113 cm³/mol. The van der Waals surface area contributed by atoms with E-state index in [0.717, 1.165) is 21.6 Å². The fourth-order valence-corrected chi connectivity index (χ4v) is 3.83. The third-order valence-corrected chi connectivity index (χ3v) is 5.70. The summed E-state index contributed by atoms with van der Waals surface area (Å²) in [5.41, 5.74) is 3.16. The van der Waals surface area contributed by atoms with Gasteiger partial charge in [0, 0.05) is 18.0 Å². The van der Waals surface area contributed by atoms with Gasteiger partial charge in [-0.25, -0.2) is 4.68 Å². The Hall–Kier alpha value is -2.61. The number of carbonyl (C=O) groups excluding carboxylic acids is 1. The number of thiazole rings is 1. The maximum Gasteiger partial charge on any atom is 0.262 e. The van der Waals surface area contributed by atoms with E-state index in [1.165, 1.54) is 11.3 Å². The maximum atomic E-state index is 11.6. The summed E-state index contributed by atoms with van der Waals surface area (Å²) in [5, 5.41) is 10.3. The molecule has 1 aliphatic rings. The zero-order valence-corrected chi connectivity index (χ0v) is 17.0. The molecule has 2 heterocycles. The highest BCUT2D eigenvalue weighted by Crippen LogP contribution is 2.33. The smallest absolute Gasteiger partial charge is 0.262 e. The number of ether oxygens (including phenoxy) is 1. The Kier molecular flexibility index (Phi) is 5.21. The van der Waals surface area contributed by atoms with Crippen LogP contribution in [0.5, 0.6) is 5.75 Å². The van der Waals surface area contributed by atoms with Gasteiger partial charge in [-0.3, -0.25) is 9.79 Å². The maximum absolute atomic E-state index is 11.6. The van der Waals surface area contributed by atoms with Crippen LogP contribution in [-0.4, -0.2) is 30.5 Å². The minimum Gasteiger partial charge on any atom is -0.482 e. The van der Waals surface area contributed by atoms with Gasteiger partial charge in [-0.15, -0.1) is 11.3 Å². The SMILES string of the molecule is CN=c1scc(-c2ccc3c(c2)NC(=O)CO3)n1N=Cc1ccc(Cl)c(Cl)c1. The molecule has 0 aliphatic carbocycles. The van der Waals surface area contributed by atoms with E-state index in [2.05, 4.69) is 15.4 Å². The van der Waals surface area contributed by atoms with E-state index in [4.69, 9.17) is 27.9 Å². The van der Waals surface area contributed by atoms with Crippen LogP contribution < -0.4 is 14.9 Å². The second-order valence-electron chi connectivity index (χ2n) is 5.90. The lowest BCUT2D eigenvalue weighted by Crippen LogP contribution is -2.25. The molecule has 142 valence electrons. The van der Waals surface area contributed by atoms with Crippen LogP contribution >= 0.6 is 34.5 Å². The molecule has 0 fully saturated rings. The molecular weight excluding hydrogens is 419 g/mol. The lowest BCUT2D eigenvalue weighted by Gasteiger charge is -2.18. The second kappa shape index (κ2) is 7.79. The monoisotopic (exact) mass is 432 g/mol. The van der Waals surface area contributed by atoms with Gasteiger partial charge in [-0.05, 0) is 35.9 Å². The summed E-state index contributed by atoms with van der Waals surface area (Å²) in [7, 11) is 1.71. The lowest BCUT2D eigenvalue weighted by atomic mass is 10.1. The zero-order valence-electron chi connectivity index (χ0n) is 14.6. The van der Waals surface area contributed by atoms with Crippen molar-refractivity contribution >= 4 is 52.3 Å². The van der Waals surface area contributed by atoms with Crippen molar-refractivity contribution in [2.24, 2.45) is 10.1 Å². The number of benzene rings is 2. The largest absolute Gasteiger partial charge is 0.482 e. The molecule has 6 nitrogen and oxygen atoms in total. The molecule has 2 aromatic carbocycles. The number of hydrogen-bond acceptors (Lipinski definition) is 5. The van der Waals surface area contributed by atoms with Crippen LogP contribution in [0.1, 0.15) is 5.56 Å². The number of aromatic nitrogens is 1. The van der Waals surface area contributed by atoms with E-state index >= 15 is 0 Å². The molecule has 3 aromatic rings. The highest BCUT2D eigenvalue weighted by atomic mass is 35.5. The molecular formula is C19H14Cl2N4O2S. The van der Waals surface area contributed by atoms with Gasteiger partial charge in [0.1, 0.15) is 5.75 Å². The Bertz CT molecular complexity index is 1170. The van der Waals surface area contributed by atoms with Crippen molar-refractivity contribution in [2.45, 2.75) is 0 Å². The Morgan fingerprint density at radius 3 is 2.86 bits per heavy atom. The Morgan fingerprint density at radius 1 is 1.21 bits per heavy atom. The first-order valence-electron chi connectivity index (χ1n) is 8.25. The number of hydrogen-bond donors (Lipinski definition) is 1. The fourth-order valence-electron chi connectivity index (χ4n) is 2.72. The van der Waals surface area contributed by atoms with Gasteiger partial charge < -0.3 is 10.1 Å². The van der Waals surface area contributed by atoms with E-state index in [1.54, 1.807) is 30.1 Å². The van der Waals surface area contributed by atoms with Crippen LogP contribution in [0.4, 0.5) is 5.69 Å². The first kappa shape index (κ1) is 18.7.